The number of amides is 1. The van der Waals surface area contributed by atoms with Gasteiger partial charge in [-0.25, -0.2) is 8.78 Å². The molecule has 1 aliphatic rings. The van der Waals surface area contributed by atoms with Gasteiger partial charge in [-0.2, -0.15) is 20.5 Å². The Balaban J connectivity index is 2.30. The van der Waals surface area contributed by atoms with Crippen LogP contribution in [0.5, 0.6) is 0 Å². The van der Waals surface area contributed by atoms with E-state index in [-0.39, 0.29) is 25.0 Å². The van der Waals surface area contributed by atoms with Crippen LogP contribution in [0.3, 0.4) is 0 Å². The molecule has 1 heterocycles. The first-order valence-electron chi connectivity index (χ1n) is 6.40. The fourth-order valence-corrected chi connectivity index (χ4v) is 2.96. The quantitative estimate of drug-likeness (QED) is 0.557. The highest BCUT2D eigenvalue weighted by Gasteiger charge is 2.41. The van der Waals surface area contributed by atoms with Crippen LogP contribution in [0.15, 0.2) is 0 Å². The summed E-state index contributed by atoms with van der Waals surface area (Å²) in [6.45, 7) is 2.93. The molecule has 0 aromatic carbocycles. The second kappa shape index (κ2) is 7.49. The van der Waals surface area contributed by atoms with Crippen molar-refractivity contribution >= 4 is 17.7 Å². The number of hydrogen-bond acceptors (Lipinski definition) is 3. The molecule has 1 rings (SSSR count). The van der Waals surface area contributed by atoms with Gasteiger partial charge in [0.05, 0.1) is 13.0 Å². The number of hydrogen-bond donors (Lipinski definition) is 0. The van der Waals surface area contributed by atoms with Crippen molar-refractivity contribution in [3.63, 3.8) is 0 Å². The molecule has 0 spiro atoms. The molecule has 1 aliphatic heterocycles. The molecular formula is C12H19F4NO2S. The minimum absolute atomic E-state index is 0.0684. The fraction of sp³-hybridized carbons (Fsp3) is 0.917. The largest absolute Gasteiger partial charge is 0.374 e. The average Bonchev–Trinajstić information content (AvgIpc) is 2.37. The molecular weight excluding hydrogens is 298 g/mol. The summed E-state index contributed by atoms with van der Waals surface area (Å²) in [4.78, 5) is 13.6. The monoisotopic (exact) mass is 317 g/mol. The molecule has 0 radical (unpaired) electrons. The molecule has 1 fully saturated rings. The third-order valence-corrected chi connectivity index (χ3v) is 4.62. The number of ether oxygens (including phenoxy) is 1. The first kappa shape index (κ1) is 17.6. The van der Waals surface area contributed by atoms with Gasteiger partial charge in [0.15, 0.2) is 0 Å². The molecule has 20 heavy (non-hydrogen) atoms. The molecule has 0 aliphatic carbocycles. The first-order valence-corrected chi connectivity index (χ1v) is 7.45. The SMILES string of the molecule is C[C@@H]1[C@@H](C)SCCN1C(=O)CCOCC(F)(F)C(F)F. The molecule has 0 aromatic heterocycles. The highest BCUT2D eigenvalue weighted by molar-refractivity contribution is 8.00. The lowest BCUT2D eigenvalue weighted by atomic mass is 10.2. The summed E-state index contributed by atoms with van der Waals surface area (Å²) >= 11 is 1.77. The van der Waals surface area contributed by atoms with Crippen molar-refractivity contribution in [3.05, 3.63) is 0 Å². The van der Waals surface area contributed by atoms with Crippen LogP contribution in [0.25, 0.3) is 0 Å². The minimum Gasteiger partial charge on any atom is -0.374 e. The Bertz CT molecular complexity index is 331. The van der Waals surface area contributed by atoms with Crippen LogP contribution in [0, 0.1) is 0 Å². The topological polar surface area (TPSA) is 29.5 Å². The van der Waals surface area contributed by atoms with Crippen molar-refractivity contribution in [1.29, 1.82) is 0 Å². The Morgan fingerprint density at radius 3 is 2.70 bits per heavy atom. The maximum absolute atomic E-state index is 12.6. The number of nitrogens with zero attached hydrogens (tertiary/aromatic N) is 1. The zero-order valence-corrected chi connectivity index (χ0v) is 12.3. The Hall–Kier alpha value is -0.500. The molecule has 0 aromatic rings. The van der Waals surface area contributed by atoms with Gasteiger partial charge in [-0.15, -0.1) is 0 Å². The van der Waals surface area contributed by atoms with Gasteiger partial charge >= 0.3 is 12.3 Å². The normalized spacial score (nSPS) is 24.2. The highest BCUT2D eigenvalue weighted by Crippen LogP contribution is 2.25. The Labute approximate surface area is 120 Å². The van der Waals surface area contributed by atoms with E-state index >= 15 is 0 Å². The maximum atomic E-state index is 12.6. The van der Waals surface area contributed by atoms with E-state index in [1.807, 2.05) is 13.8 Å². The van der Waals surface area contributed by atoms with Gasteiger partial charge in [-0.3, -0.25) is 4.79 Å². The van der Waals surface area contributed by atoms with E-state index in [9.17, 15) is 22.4 Å². The third-order valence-electron chi connectivity index (χ3n) is 3.28. The van der Waals surface area contributed by atoms with Crippen LogP contribution in [0.4, 0.5) is 17.6 Å². The van der Waals surface area contributed by atoms with Crippen molar-refractivity contribution in [2.45, 2.75) is 43.9 Å². The Morgan fingerprint density at radius 1 is 1.45 bits per heavy atom. The van der Waals surface area contributed by atoms with Gasteiger partial charge < -0.3 is 9.64 Å². The third kappa shape index (κ3) is 4.80. The van der Waals surface area contributed by atoms with Crippen LogP contribution in [0.2, 0.25) is 0 Å². The van der Waals surface area contributed by atoms with Gasteiger partial charge in [0.25, 0.3) is 0 Å². The lowest BCUT2D eigenvalue weighted by Crippen LogP contribution is -2.48. The summed E-state index contributed by atoms with van der Waals surface area (Å²) < 4.78 is 53.4. The molecule has 0 saturated carbocycles. The number of alkyl halides is 4. The second-order valence-corrected chi connectivity index (χ2v) is 6.25. The average molecular weight is 317 g/mol. The molecule has 8 heteroatoms. The minimum atomic E-state index is -4.16. The van der Waals surface area contributed by atoms with Crippen LogP contribution >= 0.6 is 11.8 Å². The lowest BCUT2D eigenvalue weighted by molar-refractivity contribution is -0.167. The fourth-order valence-electron chi connectivity index (χ4n) is 1.86. The van der Waals surface area contributed by atoms with Crippen molar-refractivity contribution in [2.24, 2.45) is 0 Å². The van der Waals surface area contributed by atoms with Gasteiger partial charge in [-0.1, -0.05) is 6.92 Å². The predicted molar refractivity (Wildman–Crippen MR) is 69.5 cm³/mol. The molecule has 1 amide bonds. The number of carbonyl (C=O) groups is 1. The van der Waals surface area contributed by atoms with Crippen LogP contribution in [-0.2, 0) is 9.53 Å². The van der Waals surface area contributed by atoms with Gasteiger partial charge in [0.2, 0.25) is 5.91 Å². The molecule has 0 unspecified atom stereocenters. The number of carbonyl (C=O) groups excluding carboxylic acids is 1. The van der Waals surface area contributed by atoms with E-state index in [1.54, 1.807) is 16.7 Å². The molecule has 3 nitrogen and oxygen atoms in total. The predicted octanol–water partition coefficient (Wildman–Crippen LogP) is 2.65. The summed E-state index contributed by atoms with van der Waals surface area (Å²) in [6.07, 6.45) is -3.82. The van der Waals surface area contributed by atoms with Crippen LogP contribution in [0.1, 0.15) is 20.3 Å². The van der Waals surface area contributed by atoms with Crippen molar-refractivity contribution in [3.8, 4) is 0 Å². The molecule has 118 valence electrons. The van der Waals surface area contributed by atoms with Gasteiger partial charge in [0.1, 0.15) is 6.61 Å². The van der Waals surface area contributed by atoms with Crippen molar-refractivity contribution in [1.82, 2.24) is 4.90 Å². The Kier molecular flexibility index (Phi) is 6.57. The lowest BCUT2D eigenvalue weighted by Gasteiger charge is -2.37. The number of thioether (sulfide) groups is 1. The molecule has 0 bridgehead atoms. The summed E-state index contributed by atoms with van der Waals surface area (Å²) in [5.74, 6) is -3.52. The van der Waals surface area contributed by atoms with Crippen LogP contribution in [-0.4, -0.2) is 60.0 Å². The first-order chi connectivity index (χ1) is 9.25. The van der Waals surface area contributed by atoms with E-state index in [4.69, 9.17) is 0 Å². The van der Waals surface area contributed by atoms with Gasteiger partial charge in [-0.05, 0) is 6.92 Å². The number of halogens is 4. The van der Waals surface area contributed by atoms with E-state index in [1.165, 1.54) is 0 Å². The van der Waals surface area contributed by atoms with E-state index in [0.717, 1.165) is 5.75 Å². The van der Waals surface area contributed by atoms with Crippen molar-refractivity contribution in [2.75, 3.05) is 25.5 Å². The number of rotatable bonds is 6. The standard InChI is InChI=1S/C12H19F4NO2S/c1-8-9(2)20-6-4-17(8)10(18)3-5-19-7-12(15,16)11(13)14/h8-9,11H,3-7H2,1-2H3/t8-,9-/m1/s1. The summed E-state index contributed by atoms with van der Waals surface area (Å²) in [5, 5.41) is 0.316. The zero-order chi connectivity index (χ0) is 15.3. The zero-order valence-electron chi connectivity index (χ0n) is 11.5. The van der Waals surface area contributed by atoms with E-state index < -0.39 is 19.0 Å². The molecule has 1 saturated heterocycles. The Morgan fingerprint density at radius 2 is 2.10 bits per heavy atom. The van der Waals surface area contributed by atoms with E-state index in [2.05, 4.69) is 4.74 Å². The second-order valence-electron chi connectivity index (χ2n) is 4.77. The van der Waals surface area contributed by atoms with Crippen LogP contribution < -0.4 is 0 Å². The molecule has 0 N–H and O–H groups in total. The summed E-state index contributed by atoms with van der Waals surface area (Å²) in [5.41, 5.74) is 0. The van der Waals surface area contributed by atoms with Gasteiger partial charge in [0, 0.05) is 23.6 Å². The maximum Gasteiger partial charge on any atom is 0.330 e. The van der Waals surface area contributed by atoms with Crippen molar-refractivity contribution < 1.29 is 27.1 Å². The highest BCUT2D eigenvalue weighted by atomic mass is 32.2. The molecule has 2 atom stereocenters. The van der Waals surface area contributed by atoms with E-state index in [0.29, 0.717) is 11.8 Å². The smallest absolute Gasteiger partial charge is 0.330 e. The summed E-state index contributed by atoms with van der Waals surface area (Å²) in [6, 6.07) is 0.0729. The summed E-state index contributed by atoms with van der Waals surface area (Å²) in [7, 11) is 0.